The van der Waals surface area contributed by atoms with Crippen molar-refractivity contribution in [2.45, 2.75) is 13.3 Å². The lowest BCUT2D eigenvalue weighted by Crippen LogP contribution is -2.49. The van der Waals surface area contributed by atoms with E-state index in [1.165, 1.54) is 11.2 Å². The van der Waals surface area contributed by atoms with E-state index in [9.17, 15) is 19.2 Å². The van der Waals surface area contributed by atoms with E-state index in [0.717, 1.165) is 16.7 Å². The lowest BCUT2D eigenvalue weighted by atomic mass is 10.1. The second-order valence-corrected chi connectivity index (χ2v) is 12.4. The lowest BCUT2D eigenvalue weighted by molar-refractivity contribution is -0.120. The minimum absolute atomic E-state index is 0.0733. The number of pyridine rings is 1. The number of hydrogen-bond acceptors (Lipinski definition) is 10. The molecule has 15 heteroatoms. The third-order valence-corrected chi connectivity index (χ3v) is 9.17. The maximum Gasteiger partial charge on any atom is 0.328 e. The molecule has 2 aliphatic rings. The van der Waals surface area contributed by atoms with E-state index < -0.39 is 6.03 Å². The molecule has 4 amide bonds. The molecule has 2 aliphatic heterocycles. The normalized spacial score (nSPS) is 14.1. The second-order valence-electron chi connectivity index (χ2n) is 12.4. The number of hydrogen-bond donors (Lipinski definition) is 2. The maximum absolute atomic E-state index is 13.0. The average molecular weight is 698 g/mol. The van der Waals surface area contributed by atoms with Crippen LogP contribution in [0.2, 0.25) is 0 Å². The Morgan fingerprint density at radius 2 is 1.81 bits per heavy atom. The molecule has 0 bridgehead atoms. The quantitative estimate of drug-likeness (QED) is 0.254. The fourth-order valence-corrected chi connectivity index (χ4v) is 6.46. The van der Waals surface area contributed by atoms with Crippen LogP contribution in [0.4, 0.5) is 21.9 Å². The van der Waals surface area contributed by atoms with Crippen LogP contribution in [0.15, 0.2) is 70.3 Å². The first-order valence-electron chi connectivity index (χ1n) is 16.5. The van der Waals surface area contributed by atoms with Crippen molar-refractivity contribution in [2.24, 2.45) is 14.1 Å². The molecule has 1 saturated heterocycles. The van der Waals surface area contributed by atoms with Crippen LogP contribution in [-0.4, -0.2) is 68.2 Å². The Morgan fingerprint density at radius 1 is 0.962 bits per heavy atom. The molecule has 8 rings (SSSR count). The molecular formula is C37H31N9O6. The summed E-state index contributed by atoms with van der Waals surface area (Å²) in [6.07, 6.45) is 4.94. The van der Waals surface area contributed by atoms with Gasteiger partial charge in [0.25, 0.3) is 5.91 Å². The number of benzene rings is 2. The summed E-state index contributed by atoms with van der Waals surface area (Å²) in [4.78, 5) is 66.6. The summed E-state index contributed by atoms with van der Waals surface area (Å²) in [5.74, 6) is 6.12. The molecule has 15 nitrogen and oxygen atoms in total. The van der Waals surface area contributed by atoms with Crippen LogP contribution in [0, 0.1) is 18.8 Å². The van der Waals surface area contributed by atoms with Crippen LogP contribution in [0.1, 0.15) is 28.0 Å². The fraction of sp³-hybridized carbons (Fsp3) is 0.216. The van der Waals surface area contributed by atoms with Crippen molar-refractivity contribution < 1.29 is 23.5 Å². The van der Waals surface area contributed by atoms with Crippen molar-refractivity contribution in [3.05, 3.63) is 88.4 Å². The highest BCUT2D eigenvalue weighted by Gasteiger charge is 2.27. The predicted molar refractivity (Wildman–Crippen MR) is 192 cm³/mol. The zero-order valence-corrected chi connectivity index (χ0v) is 28.4. The standard InChI is InChI=1S/C37H31N9O6/c1-21-15-23(33-40-19-28-35(42-33)51-14-13-45(28)24-7-8-26-27(17-24)44(3)37(50)43(26)2)18-39-32(21)34(48)38-11-4-5-22-6-9-30-25(16-22)29(20-52-30)46-12-10-31(47)41-36(46)49/h6-9,15-20H,10-14H2,1-3H3,(H,38,48)(H,41,47,49). The average Bonchev–Trinajstić information content (AvgIpc) is 3.66. The van der Waals surface area contributed by atoms with Gasteiger partial charge in [0.2, 0.25) is 11.8 Å². The van der Waals surface area contributed by atoms with Gasteiger partial charge in [0.15, 0.2) is 5.82 Å². The highest BCUT2D eigenvalue weighted by Crippen LogP contribution is 2.37. The first-order valence-corrected chi connectivity index (χ1v) is 16.5. The molecular weight excluding hydrogens is 666 g/mol. The number of carbonyl (C=O) groups excluding carboxylic acids is 3. The van der Waals surface area contributed by atoms with Gasteiger partial charge in [-0.2, -0.15) is 4.98 Å². The van der Waals surface area contributed by atoms with E-state index in [1.807, 2.05) is 18.2 Å². The molecule has 0 spiro atoms. The number of ether oxygens (including phenoxy) is 1. The molecule has 2 N–H and O–H groups in total. The Bertz CT molecular complexity index is 2590. The third-order valence-electron chi connectivity index (χ3n) is 9.17. The summed E-state index contributed by atoms with van der Waals surface area (Å²) < 4.78 is 14.8. The van der Waals surface area contributed by atoms with Gasteiger partial charge >= 0.3 is 11.7 Å². The summed E-state index contributed by atoms with van der Waals surface area (Å²) in [6.45, 7) is 3.11. The predicted octanol–water partition coefficient (Wildman–Crippen LogP) is 3.54. The summed E-state index contributed by atoms with van der Waals surface area (Å²) in [5.41, 5.74) is 6.47. The monoisotopic (exact) mass is 697 g/mol. The number of nitrogens with one attached hydrogen (secondary N) is 2. The molecule has 0 aliphatic carbocycles. The number of amides is 4. The van der Waals surface area contributed by atoms with Crippen LogP contribution in [-0.2, 0) is 18.9 Å². The number of aromatic nitrogens is 5. The van der Waals surface area contributed by atoms with E-state index in [4.69, 9.17) is 9.15 Å². The highest BCUT2D eigenvalue weighted by atomic mass is 16.5. The van der Waals surface area contributed by atoms with Gasteiger partial charge in [-0.25, -0.2) is 14.6 Å². The molecule has 260 valence electrons. The van der Waals surface area contributed by atoms with Crippen molar-refractivity contribution in [2.75, 3.05) is 36.0 Å². The summed E-state index contributed by atoms with van der Waals surface area (Å²) >= 11 is 0. The smallest absolute Gasteiger partial charge is 0.328 e. The van der Waals surface area contributed by atoms with Gasteiger partial charge < -0.3 is 19.4 Å². The molecule has 6 heterocycles. The molecule has 2 aromatic carbocycles. The molecule has 4 aromatic heterocycles. The number of carbonyl (C=O) groups is 3. The van der Waals surface area contributed by atoms with E-state index in [0.29, 0.717) is 63.9 Å². The van der Waals surface area contributed by atoms with Gasteiger partial charge in [-0.05, 0) is 55.0 Å². The summed E-state index contributed by atoms with van der Waals surface area (Å²) in [7, 11) is 3.51. The molecule has 6 aromatic rings. The maximum atomic E-state index is 13.0. The number of nitrogens with zero attached hydrogens (tertiary/aromatic N) is 7. The van der Waals surface area contributed by atoms with Crippen molar-refractivity contribution in [1.82, 2.24) is 34.7 Å². The Morgan fingerprint density at radius 3 is 2.63 bits per heavy atom. The molecule has 0 saturated carbocycles. The number of urea groups is 1. The van der Waals surface area contributed by atoms with Crippen LogP contribution < -0.4 is 30.9 Å². The first-order chi connectivity index (χ1) is 25.2. The number of fused-ring (bicyclic) bond motifs is 3. The van der Waals surface area contributed by atoms with E-state index in [2.05, 4.69) is 42.3 Å². The van der Waals surface area contributed by atoms with E-state index in [-0.39, 0.29) is 42.7 Å². The number of anilines is 3. The van der Waals surface area contributed by atoms with Gasteiger partial charge in [0.1, 0.15) is 29.8 Å². The number of aryl methyl sites for hydroxylation is 3. The van der Waals surface area contributed by atoms with Crippen molar-refractivity contribution >= 4 is 56.9 Å². The number of imide groups is 1. The molecule has 0 atom stereocenters. The zero-order valence-electron chi connectivity index (χ0n) is 28.4. The number of rotatable bonds is 5. The molecule has 0 unspecified atom stereocenters. The van der Waals surface area contributed by atoms with Gasteiger partial charge in [-0.3, -0.25) is 33.9 Å². The third kappa shape index (κ3) is 5.65. The molecule has 0 radical (unpaired) electrons. The highest BCUT2D eigenvalue weighted by molar-refractivity contribution is 6.09. The fourth-order valence-electron chi connectivity index (χ4n) is 6.46. The minimum atomic E-state index is -0.500. The van der Waals surface area contributed by atoms with Crippen molar-refractivity contribution in [1.29, 1.82) is 0 Å². The SMILES string of the molecule is Cc1cc(-c2ncc3c(n2)OCCN3c2ccc3c(c2)n(C)c(=O)n3C)cnc1C(=O)NCC#Cc1ccc2occ(N3CCC(=O)NC3=O)c2c1. The van der Waals surface area contributed by atoms with Crippen LogP contribution >= 0.6 is 0 Å². The second kappa shape index (κ2) is 12.7. The van der Waals surface area contributed by atoms with Gasteiger partial charge in [0.05, 0.1) is 36.0 Å². The van der Waals surface area contributed by atoms with Crippen molar-refractivity contribution in [3.63, 3.8) is 0 Å². The lowest BCUT2D eigenvalue weighted by Gasteiger charge is -2.30. The largest absolute Gasteiger partial charge is 0.474 e. The van der Waals surface area contributed by atoms with Crippen LogP contribution in [0.5, 0.6) is 5.88 Å². The number of imidazole rings is 1. The van der Waals surface area contributed by atoms with Crippen LogP contribution in [0.25, 0.3) is 33.4 Å². The molecule has 52 heavy (non-hydrogen) atoms. The van der Waals surface area contributed by atoms with Crippen molar-refractivity contribution in [3.8, 4) is 29.1 Å². The van der Waals surface area contributed by atoms with Crippen LogP contribution in [0.3, 0.4) is 0 Å². The topological polar surface area (TPSA) is 170 Å². The Kier molecular flexibility index (Phi) is 7.91. The zero-order chi connectivity index (χ0) is 36.1. The van der Waals surface area contributed by atoms with E-state index in [1.54, 1.807) is 66.8 Å². The Balaban J connectivity index is 0.946. The Hall–Kier alpha value is -6.95. The first kappa shape index (κ1) is 32.3. The Labute approximate surface area is 295 Å². The number of furan rings is 1. The summed E-state index contributed by atoms with van der Waals surface area (Å²) in [6, 6.07) is 12.5. The van der Waals surface area contributed by atoms with Gasteiger partial charge in [-0.1, -0.05) is 11.8 Å². The molecule has 1 fully saturated rings. The van der Waals surface area contributed by atoms with E-state index >= 15 is 0 Å². The van der Waals surface area contributed by atoms with Gasteiger partial charge in [-0.15, -0.1) is 0 Å². The summed E-state index contributed by atoms with van der Waals surface area (Å²) in [5, 5.41) is 5.79. The minimum Gasteiger partial charge on any atom is -0.474 e. The van der Waals surface area contributed by atoms with Gasteiger partial charge in [0, 0.05) is 55.5 Å².